The minimum atomic E-state index is 0.744. The predicted molar refractivity (Wildman–Crippen MR) is 90.4 cm³/mol. The van der Waals surface area contributed by atoms with Gasteiger partial charge in [0.05, 0.1) is 5.02 Å². The van der Waals surface area contributed by atoms with E-state index in [0.717, 1.165) is 21.7 Å². The molecule has 0 heterocycles. The van der Waals surface area contributed by atoms with Crippen LogP contribution < -0.4 is 5.32 Å². The first-order valence-electron chi connectivity index (χ1n) is 5.50. The van der Waals surface area contributed by atoms with Crippen molar-refractivity contribution in [1.82, 2.24) is 0 Å². The third-order valence-corrected chi connectivity index (χ3v) is 4.56. The number of nitrogens with one attached hydrogen (secondary N) is 1. The summed E-state index contributed by atoms with van der Waals surface area (Å²) in [5.74, 6) is 0. The highest BCUT2D eigenvalue weighted by molar-refractivity contribution is 14.1. The van der Waals surface area contributed by atoms with Crippen LogP contribution in [-0.4, -0.2) is 0 Å². The molecule has 0 atom stereocenters. The van der Waals surface area contributed by atoms with Crippen LogP contribution >= 0.6 is 50.1 Å². The Balaban J connectivity index is 2.09. The van der Waals surface area contributed by atoms with Crippen LogP contribution in [0, 0.1) is 10.5 Å². The molecule has 0 aliphatic rings. The quantitative estimate of drug-likeness (QED) is 0.615. The molecule has 2 aromatic rings. The Hall–Kier alpha value is -0.260. The van der Waals surface area contributed by atoms with Gasteiger partial charge < -0.3 is 5.32 Å². The number of anilines is 1. The maximum atomic E-state index is 6.07. The van der Waals surface area contributed by atoms with Gasteiger partial charge in [-0.05, 0) is 86.9 Å². The lowest BCUT2D eigenvalue weighted by Gasteiger charge is -2.10. The zero-order valence-corrected chi connectivity index (χ0v) is 14.3. The van der Waals surface area contributed by atoms with Crippen LogP contribution in [0.3, 0.4) is 0 Å². The second kappa shape index (κ2) is 6.26. The van der Waals surface area contributed by atoms with Crippen molar-refractivity contribution in [3.05, 3.63) is 60.6 Å². The molecule has 0 saturated heterocycles. The molecule has 0 amide bonds. The minimum absolute atomic E-state index is 0.744. The summed E-state index contributed by atoms with van der Waals surface area (Å²) in [7, 11) is 0. The molecule has 2 aromatic carbocycles. The molecule has 0 unspecified atom stereocenters. The highest BCUT2D eigenvalue weighted by Crippen LogP contribution is 2.24. The Morgan fingerprint density at radius 2 is 2.00 bits per heavy atom. The minimum Gasteiger partial charge on any atom is -0.381 e. The van der Waals surface area contributed by atoms with Crippen LogP contribution in [0.4, 0.5) is 5.69 Å². The topological polar surface area (TPSA) is 12.0 Å². The third kappa shape index (κ3) is 3.62. The number of rotatable bonds is 3. The van der Waals surface area contributed by atoms with Crippen molar-refractivity contribution in [2.24, 2.45) is 0 Å². The summed E-state index contributed by atoms with van der Waals surface area (Å²) in [6.45, 7) is 2.88. The van der Waals surface area contributed by atoms with Crippen molar-refractivity contribution in [2.75, 3.05) is 5.32 Å². The van der Waals surface area contributed by atoms with Gasteiger partial charge >= 0.3 is 0 Å². The van der Waals surface area contributed by atoms with Crippen molar-refractivity contribution in [3.63, 3.8) is 0 Å². The Labute approximate surface area is 134 Å². The molecule has 0 fully saturated rings. The fourth-order valence-electron chi connectivity index (χ4n) is 1.67. The van der Waals surface area contributed by atoms with Crippen LogP contribution in [0.1, 0.15) is 11.1 Å². The van der Waals surface area contributed by atoms with Crippen molar-refractivity contribution >= 4 is 55.8 Å². The predicted octanol–water partition coefficient (Wildman–Crippen LogP) is 5.63. The molecule has 0 aliphatic heterocycles. The lowest BCUT2D eigenvalue weighted by molar-refractivity contribution is 1.14. The molecule has 0 aromatic heterocycles. The van der Waals surface area contributed by atoms with Gasteiger partial charge in [-0.25, -0.2) is 0 Å². The largest absolute Gasteiger partial charge is 0.381 e. The fourth-order valence-corrected chi connectivity index (χ4v) is 2.77. The molecule has 0 radical (unpaired) electrons. The highest BCUT2D eigenvalue weighted by Gasteiger charge is 2.01. The monoisotopic (exact) mass is 435 g/mol. The van der Waals surface area contributed by atoms with E-state index in [1.165, 1.54) is 14.7 Å². The van der Waals surface area contributed by atoms with Gasteiger partial charge in [0.1, 0.15) is 0 Å². The smallest absolute Gasteiger partial charge is 0.0551 e. The zero-order chi connectivity index (χ0) is 13.1. The van der Waals surface area contributed by atoms with E-state index >= 15 is 0 Å². The van der Waals surface area contributed by atoms with Gasteiger partial charge in [0.2, 0.25) is 0 Å². The molecule has 94 valence electrons. The standard InChI is InChI=1S/C14H12BrClIN/c1-9-6-11(17)3-5-14(9)18-8-10-2-4-12(15)13(16)7-10/h2-7,18H,8H2,1H3. The second-order valence-electron chi connectivity index (χ2n) is 4.06. The van der Waals surface area contributed by atoms with Crippen LogP contribution in [0.5, 0.6) is 0 Å². The summed E-state index contributed by atoms with van der Waals surface area (Å²) >= 11 is 11.8. The van der Waals surface area contributed by atoms with Gasteiger partial charge in [-0.2, -0.15) is 0 Å². The Kier molecular flexibility index (Phi) is 4.92. The first kappa shape index (κ1) is 14.2. The molecule has 1 nitrogen and oxygen atoms in total. The third-order valence-electron chi connectivity index (χ3n) is 2.66. The van der Waals surface area contributed by atoms with Crippen LogP contribution in [0.15, 0.2) is 40.9 Å². The molecule has 0 saturated carbocycles. The average Bonchev–Trinajstić information content (AvgIpc) is 2.32. The molecule has 1 N–H and O–H groups in total. The molecule has 0 spiro atoms. The first-order chi connectivity index (χ1) is 8.56. The van der Waals surface area contributed by atoms with E-state index in [1.54, 1.807) is 0 Å². The highest BCUT2D eigenvalue weighted by atomic mass is 127. The molecular formula is C14H12BrClIN. The van der Waals surface area contributed by atoms with Crippen molar-refractivity contribution in [2.45, 2.75) is 13.5 Å². The normalized spacial score (nSPS) is 10.4. The molecular weight excluding hydrogens is 424 g/mol. The Morgan fingerprint density at radius 1 is 1.22 bits per heavy atom. The summed E-state index contributed by atoms with van der Waals surface area (Å²) in [4.78, 5) is 0. The number of hydrogen-bond acceptors (Lipinski definition) is 1. The molecule has 4 heteroatoms. The van der Waals surface area contributed by atoms with Gasteiger partial charge in [0.15, 0.2) is 0 Å². The van der Waals surface area contributed by atoms with Crippen LogP contribution in [0.25, 0.3) is 0 Å². The Bertz CT molecular complexity index is 572. The zero-order valence-electron chi connectivity index (χ0n) is 9.81. The number of aryl methyl sites for hydroxylation is 1. The van der Waals surface area contributed by atoms with E-state index in [0.29, 0.717) is 0 Å². The number of benzene rings is 2. The molecule has 0 bridgehead atoms. The first-order valence-corrected chi connectivity index (χ1v) is 7.75. The summed E-state index contributed by atoms with van der Waals surface area (Å²) in [6, 6.07) is 12.4. The van der Waals surface area contributed by atoms with Gasteiger partial charge in [0.25, 0.3) is 0 Å². The fraction of sp³-hybridized carbons (Fsp3) is 0.143. The van der Waals surface area contributed by atoms with Gasteiger partial charge in [-0.3, -0.25) is 0 Å². The van der Waals surface area contributed by atoms with E-state index < -0.39 is 0 Å². The van der Waals surface area contributed by atoms with Gasteiger partial charge in [-0.15, -0.1) is 0 Å². The van der Waals surface area contributed by atoms with Gasteiger partial charge in [-0.1, -0.05) is 17.7 Å². The lowest BCUT2D eigenvalue weighted by atomic mass is 10.2. The summed E-state index contributed by atoms with van der Waals surface area (Å²) in [5.41, 5.74) is 3.58. The van der Waals surface area contributed by atoms with Crippen molar-refractivity contribution in [3.8, 4) is 0 Å². The maximum Gasteiger partial charge on any atom is 0.0551 e. The van der Waals surface area contributed by atoms with Crippen molar-refractivity contribution < 1.29 is 0 Å². The number of hydrogen-bond donors (Lipinski definition) is 1. The summed E-state index contributed by atoms with van der Waals surface area (Å²) < 4.78 is 2.18. The van der Waals surface area contributed by atoms with E-state index in [1.807, 2.05) is 12.1 Å². The van der Waals surface area contributed by atoms with E-state index in [4.69, 9.17) is 11.6 Å². The van der Waals surface area contributed by atoms with E-state index in [2.05, 4.69) is 75.0 Å². The summed E-state index contributed by atoms with van der Waals surface area (Å²) in [6.07, 6.45) is 0. The Morgan fingerprint density at radius 3 is 2.67 bits per heavy atom. The maximum absolute atomic E-state index is 6.07. The van der Waals surface area contributed by atoms with E-state index in [-0.39, 0.29) is 0 Å². The SMILES string of the molecule is Cc1cc(I)ccc1NCc1ccc(Br)c(Cl)c1. The lowest BCUT2D eigenvalue weighted by Crippen LogP contribution is -2.01. The molecule has 18 heavy (non-hydrogen) atoms. The molecule has 2 rings (SSSR count). The summed E-state index contributed by atoms with van der Waals surface area (Å²) in [5, 5.41) is 4.17. The average molecular weight is 437 g/mol. The number of halogens is 3. The van der Waals surface area contributed by atoms with Crippen LogP contribution in [0.2, 0.25) is 5.02 Å². The van der Waals surface area contributed by atoms with Crippen LogP contribution in [-0.2, 0) is 6.54 Å². The van der Waals surface area contributed by atoms with Crippen molar-refractivity contribution in [1.29, 1.82) is 0 Å². The molecule has 0 aliphatic carbocycles. The van der Waals surface area contributed by atoms with Gasteiger partial charge in [0, 0.05) is 20.3 Å². The van der Waals surface area contributed by atoms with E-state index in [9.17, 15) is 0 Å². The second-order valence-corrected chi connectivity index (χ2v) is 6.57.